The van der Waals surface area contributed by atoms with Crippen LogP contribution in [0.3, 0.4) is 0 Å². The number of hydrogen-bond acceptors (Lipinski definition) is 4. The maximum absolute atomic E-state index is 12.3. The molecule has 1 aliphatic heterocycles. The number of nitrogens with zero attached hydrogens (tertiary/aromatic N) is 3. The quantitative estimate of drug-likeness (QED) is 0.746. The van der Waals surface area contributed by atoms with Gasteiger partial charge in [0, 0.05) is 32.5 Å². The van der Waals surface area contributed by atoms with Gasteiger partial charge in [-0.2, -0.15) is 0 Å². The van der Waals surface area contributed by atoms with Crippen LogP contribution in [-0.2, 0) is 13.6 Å². The first-order valence-corrected chi connectivity index (χ1v) is 9.10. The smallest absolute Gasteiger partial charge is 0.267 e. The summed E-state index contributed by atoms with van der Waals surface area (Å²) in [4.78, 5) is 22.2. The molecule has 3 aromatic heterocycles. The Labute approximate surface area is 144 Å². The molecule has 126 valence electrons. The molecule has 1 amide bonds. The average Bonchev–Trinajstić information content (AvgIpc) is 3.30. The molecule has 4 rings (SSSR count). The van der Waals surface area contributed by atoms with Crippen LogP contribution in [0.2, 0.25) is 0 Å². The first-order valence-electron chi connectivity index (χ1n) is 8.22. The van der Waals surface area contributed by atoms with Gasteiger partial charge >= 0.3 is 0 Å². The van der Waals surface area contributed by atoms with Gasteiger partial charge < -0.3 is 14.9 Å². The number of nitrogens with one attached hydrogen (secondary N) is 2. The fourth-order valence-corrected chi connectivity index (χ4v) is 4.06. The molecule has 7 heteroatoms. The zero-order chi connectivity index (χ0) is 16.5. The molecule has 1 aliphatic rings. The van der Waals surface area contributed by atoms with E-state index in [0.29, 0.717) is 11.6 Å². The van der Waals surface area contributed by atoms with Crippen molar-refractivity contribution in [2.75, 3.05) is 19.6 Å². The number of aromatic nitrogens is 3. The van der Waals surface area contributed by atoms with E-state index >= 15 is 0 Å². The first kappa shape index (κ1) is 15.4. The van der Waals surface area contributed by atoms with Crippen LogP contribution in [0.15, 0.2) is 29.9 Å². The Hall–Kier alpha value is -2.12. The molecule has 0 aliphatic carbocycles. The van der Waals surface area contributed by atoms with Crippen LogP contribution in [0.25, 0.3) is 10.2 Å². The summed E-state index contributed by atoms with van der Waals surface area (Å²) in [5.41, 5.74) is 1.69. The minimum Gasteiger partial charge on any atom is -0.350 e. The second-order valence-electron chi connectivity index (χ2n) is 6.44. The van der Waals surface area contributed by atoms with Gasteiger partial charge in [0.2, 0.25) is 0 Å². The number of amides is 1. The molecule has 1 fully saturated rings. The molecular formula is C17H21N5OS. The normalized spacial score (nSPS) is 18.5. The number of carbonyl (C=O) groups is 1. The predicted octanol–water partition coefficient (Wildman–Crippen LogP) is 2.21. The number of imidazole rings is 1. The molecule has 4 heterocycles. The standard InChI is InChI=1S/C17H21N5OS/c1-21-6-4-18-16(21)11-22-5-2-12(10-22)9-19-17(23)14-8-15-13(20-14)3-7-24-15/h3-4,6-8,12,20H,2,5,9-11H2,1H3,(H,19,23)/t12-/m0/s1. The summed E-state index contributed by atoms with van der Waals surface area (Å²) in [7, 11) is 2.03. The number of fused-ring (bicyclic) bond motifs is 1. The predicted molar refractivity (Wildman–Crippen MR) is 95.1 cm³/mol. The Morgan fingerprint density at radius 2 is 2.46 bits per heavy atom. The molecule has 0 saturated carbocycles. The number of likely N-dealkylation sites (tertiary alicyclic amines) is 1. The van der Waals surface area contributed by atoms with Crippen molar-refractivity contribution >= 4 is 27.5 Å². The SMILES string of the molecule is Cn1ccnc1CN1CC[C@@H](CNC(=O)c2cc3sccc3[nH]2)C1. The molecule has 3 aromatic rings. The van der Waals surface area contributed by atoms with Gasteiger partial charge in [0.1, 0.15) is 11.5 Å². The summed E-state index contributed by atoms with van der Waals surface area (Å²) in [6.07, 6.45) is 4.93. The Morgan fingerprint density at radius 1 is 1.54 bits per heavy atom. The molecule has 24 heavy (non-hydrogen) atoms. The van der Waals surface area contributed by atoms with E-state index in [1.807, 2.05) is 37.0 Å². The monoisotopic (exact) mass is 343 g/mol. The van der Waals surface area contributed by atoms with Crippen molar-refractivity contribution in [1.29, 1.82) is 0 Å². The molecule has 0 radical (unpaired) electrons. The molecule has 0 bridgehead atoms. The third-order valence-electron chi connectivity index (χ3n) is 4.69. The average molecular weight is 343 g/mol. The number of aromatic amines is 1. The van der Waals surface area contributed by atoms with Gasteiger partial charge in [-0.25, -0.2) is 4.98 Å². The van der Waals surface area contributed by atoms with Gasteiger partial charge in [-0.15, -0.1) is 11.3 Å². The Bertz CT molecular complexity index is 820. The highest BCUT2D eigenvalue weighted by molar-refractivity contribution is 7.17. The van der Waals surface area contributed by atoms with E-state index in [0.717, 1.165) is 48.6 Å². The van der Waals surface area contributed by atoms with Crippen molar-refractivity contribution in [3.63, 3.8) is 0 Å². The highest BCUT2D eigenvalue weighted by Gasteiger charge is 2.24. The minimum absolute atomic E-state index is 0.0130. The minimum atomic E-state index is -0.0130. The zero-order valence-corrected chi connectivity index (χ0v) is 14.5. The van der Waals surface area contributed by atoms with Gasteiger partial charge in [0.15, 0.2) is 0 Å². The third-order valence-corrected chi connectivity index (χ3v) is 5.56. The second-order valence-corrected chi connectivity index (χ2v) is 7.38. The van der Waals surface area contributed by atoms with E-state index in [2.05, 4.69) is 24.8 Å². The van der Waals surface area contributed by atoms with Crippen LogP contribution < -0.4 is 5.32 Å². The molecule has 6 nitrogen and oxygen atoms in total. The number of aryl methyl sites for hydroxylation is 1. The molecular weight excluding hydrogens is 322 g/mol. The van der Waals surface area contributed by atoms with Crippen molar-refractivity contribution in [2.24, 2.45) is 13.0 Å². The highest BCUT2D eigenvalue weighted by atomic mass is 32.1. The lowest BCUT2D eigenvalue weighted by atomic mass is 10.1. The molecule has 2 N–H and O–H groups in total. The van der Waals surface area contributed by atoms with Gasteiger partial charge in [-0.1, -0.05) is 0 Å². The molecule has 0 unspecified atom stereocenters. The lowest BCUT2D eigenvalue weighted by Gasteiger charge is -2.16. The molecule has 0 spiro atoms. The second kappa shape index (κ2) is 6.41. The van der Waals surface area contributed by atoms with Crippen LogP contribution in [0.4, 0.5) is 0 Å². The summed E-state index contributed by atoms with van der Waals surface area (Å²) in [5, 5.41) is 5.09. The van der Waals surface area contributed by atoms with Crippen LogP contribution in [0, 0.1) is 5.92 Å². The topological polar surface area (TPSA) is 66.0 Å². The number of hydrogen-bond donors (Lipinski definition) is 2. The van der Waals surface area contributed by atoms with E-state index in [4.69, 9.17) is 0 Å². The van der Waals surface area contributed by atoms with E-state index in [1.54, 1.807) is 11.3 Å². The van der Waals surface area contributed by atoms with Crippen molar-refractivity contribution in [2.45, 2.75) is 13.0 Å². The van der Waals surface area contributed by atoms with Crippen LogP contribution >= 0.6 is 11.3 Å². The Morgan fingerprint density at radius 3 is 3.25 bits per heavy atom. The van der Waals surface area contributed by atoms with E-state index in [1.165, 1.54) is 0 Å². The summed E-state index contributed by atoms with van der Waals surface area (Å²) >= 11 is 1.65. The number of H-pyrrole nitrogens is 1. The fourth-order valence-electron chi connectivity index (χ4n) is 3.27. The number of carbonyl (C=O) groups excluding carboxylic acids is 1. The van der Waals surface area contributed by atoms with Gasteiger partial charge in [0.25, 0.3) is 5.91 Å². The van der Waals surface area contributed by atoms with E-state index in [9.17, 15) is 4.79 Å². The van der Waals surface area contributed by atoms with Crippen molar-refractivity contribution < 1.29 is 4.79 Å². The molecule has 1 atom stereocenters. The van der Waals surface area contributed by atoms with Crippen molar-refractivity contribution in [3.05, 3.63) is 41.4 Å². The van der Waals surface area contributed by atoms with Gasteiger partial charge in [0.05, 0.1) is 16.8 Å². The Balaban J connectivity index is 1.28. The van der Waals surface area contributed by atoms with Crippen LogP contribution in [0.1, 0.15) is 22.7 Å². The summed E-state index contributed by atoms with van der Waals surface area (Å²) in [6.45, 7) is 3.67. The number of rotatable bonds is 5. The third kappa shape index (κ3) is 3.09. The summed E-state index contributed by atoms with van der Waals surface area (Å²) < 4.78 is 3.19. The largest absolute Gasteiger partial charge is 0.350 e. The lowest BCUT2D eigenvalue weighted by Crippen LogP contribution is -2.31. The zero-order valence-electron chi connectivity index (χ0n) is 13.7. The van der Waals surface area contributed by atoms with Gasteiger partial charge in [-0.3, -0.25) is 9.69 Å². The summed E-state index contributed by atoms with van der Waals surface area (Å²) in [6, 6.07) is 3.93. The van der Waals surface area contributed by atoms with Crippen LogP contribution in [0.5, 0.6) is 0 Å². The maximum Gasteiger partial charge on any atom is 0.267 e. The van der Waals surface area contributed by atoms with Gasteiger partial charge in [-0.05, 0) is 36.4 Å². The lowest BCUT2D eigenvalue weighted by molar-refractivity contribution is 0.0943. The Kier molecular flexibility index (Phi) is 4.12. The highest BCUT2D eigenvalue weighted by Crippen LogP contribution is 2.21. The number of thiophene rings is 1. The molecule has 1 saturated heterocycles. The maximum atomic E-state index is 12.3. The summed E-state index contributed by atoms with van der Waals surface area (Å²) in [5.74, 6) is 1.58. The van der Waals surface area contributed by atoms with E-state index in [-0.39, 0.29) is 5.91 Å². The van der Waals surface area contributed by atoms with E-state index < -0.39 is 0 Å². The van der Waals surface area contributed by atoms with Crippen molar-refractivity contribution in [1.82, 2.24) is 24.8 Å². The first-order chi connectivity index (χ1) is 11.7. The van der Waals surface area contributed by atoms with Crippen molar-refractivity contribution in [3.8, 4) is 0 Å². The fraction of sp³-hybridized carbons (Fsp3) is 0.412. The van der Waals surface area contributed by atoms with Crippen LogP contribution in [-0.4, -0.2) is 45.0 Å². The molecule has 0 aromatic carbocycles.